The van der Waals surface area contributed by atoms with Gasteiger partial charge in [-0.15, -0.1) is 0 Å². The molecule has 1 unspecified atom stereocenters. The van der Waals surface area contributed by atoms with E-state index in [9.17, 15) is 4.79 Å². The van der Waals surface area contributed by atoms with E-state index in [0.29, 0.717) is 17.6 Å². The van der Waals surface area contributed by atoms with Gasteiger partial charge in [0.15, 0.2) is 0 Å². The molecule has 0 aliphatic carbocycles. The average molecular weight is 311 g/mol. The third kappa shape index (κ3) is 4.56. The number of anilines is 1. The predicted molar refractivity (Wildman–Crippen MR) is 84.4 cm³/mol. The van der Waals surface area contributed by atoms with Crippen LogP contribution >= 0.6 is 11.6 Å². The van der Waals surface area contributed by atoms with Crippen molar-refractivity contribution in [3.63, 3.8) is 0 Å². The van der Waals surface area contributed by atoms with Gasteiger partial charge in [-0.05, 0) is 18.8 Å². The van der Waals surface area contributed by atoms with Gasteiger partial charge in [-0.3, -0.25) is 9.78 Å². The van der Waals surface area contributed by atoms with Gasteiger partial charge in [-0.25, -0.2) is 4.98 Å². The molecular weight excluding hydrogens is 288 g/mol. The quantitative estimate of drug-likeness (QED) is 0.932. The maximum absolute atomic E-state index is 11.9. The van der Waals surface area contributed by atoms with Crippen LogP contribution in [0.5, 0.6) is 0 Å². The zero-order chi connectivity index (χ0) is 15.5. The Labute approximate surface area is 131 Å². The highest BCUT2D eigenvalue weighted by molar-refractivity contribution is 6.29. The fourth-order valence-electron chi connectivity index (χ4n) is 2.43. The van der Waals surface area contributed by atoms with Crippen LogP contribution < -0.4 is 10.2 Å². The maximum Gasteiger partial charge on any atom is 0.225 e. The molecule has 0 spiro atoms. The average Bonchev–Trinajstić information content (AvgIpc) is 2.44. The van der Waals surface area contributed by atoms with Crippen molar-refractivity contribution in [3.05, 3.63) is 17.5 Å². The van der Waals surface area contributed by atoms with Crippen molar-refractivity contribution < 1.29 is 4.79 Å². The minimum Gasteiger partial charge on any atom is -0.355 e. The second-order valence-corrected chi connectivity index (χ2v) is 7.00. The van der Waals surface area contributed by atoms with Gasteiger partial charge >= 0.3 is 0 Å². The van der Waals surface area contributed by atoms with Crippen LogP contribution in [0.1, 0.15) is 33.6 Å². The van der Waals surface area contributed by atoms with Crippen LogP contribution in [0.4, 0.5) is 5.82 Å². The Bertz CT molecular complexity index is 501. The number of carbonyl (C=O) groups excluding carboxylic acids is 1. The number of aromatic nitrogens is 2. The van der Waals surface area contributed by atoms with Crippen LogP contribution in [0.25, 0.3) is 0 Å². The van der Waals surface area contributed by atoms with Crippen LogP contribution in [-0.2, 0) is 4.79 Å². The van der Waals surface area contributed by atoms with Gasteiger partial charge in [0.05, 0.1) is 12.4 Å². The summed E-state index contributed by atoms with van der Waals surface area (Å²) in [7, 11) is 0. The second-order valence-electron chi connectivity index (χ2n) is 6.61. The molecule has 1 aromatic heterocycles. The summed E-state index contributed by atoms with van der Waals surface area (Å²) in [4.78, 5) is 22.5. The molecule has 0 radical (unpaired) electrons. The lowest BCUT2D eigenvalue weighted by Crippen LogP contribution is -2.43. The molecule has 0 bridgehead atoms. The molecule has 1 aliphatic rings. The summed E-state index contributed by atoms with van der Waals surface area (Å²) in [5.74, 6) is 1.35. The van der Waals surface area contributed by atoms with Gasteiger partial charge < -0.3 is 10.2 Å². The Balaban J connectivity index is 1.91. The number of hydrogen-bond acceptors (Lipinski definition) is 4. The normalized spacial score (nSPS) is 19.4. The first-order chi connectivity index (χ1) is 9.86. The molecule has 1 amide bonds. The van der Waals surface area contributed by atoms with Gasteiger partial charge in [0, 0.05) is 25.0 Å². The van der Waals surface area contributed by atoms with E-state index in [-0.39, 0.29) is 11.3 Å². The van der Waals surface area contributed by atoms with Crippen molar-refractivity contribution in [1.29, 1.82) is 0 Å². The van der Waals surface area contributed by atoms with Gasteiger partial charge in [-0.1, -0.05) is 32.4 Å². The SMILES string of the molecule is CC(C)(C)C(=O)NCC1CCCN(c2cncc(Cl)n2)C1. The fourth-order valence-corrected chi connectivity index (χ4v) is 2.57. The van der Waals surface area contributed by atoms with Gasteiger partial charge in [0.2, 0.25) is 5.91 Å². The van der Waals surface area contributed by atoms with Gasteiger partial charge in [0.25, 0.3) is 0 Å². The summed E-state index contributed by atoms with van der Waals surface area (Å²) in [6.45, 7) is 8.32. The number of carbonyl (C=O) groups is 1. The third-order valence-corrected chi connectivity index (χ3v) is 3.85. The highest BCUT2D eigenvalue weighted by Gasteiger charge is 2.25. The van der Waals surface area contributed by atoms with E-state index in [1.54, 1.807) is 6.20 Å². The molecule has 1 aliphatic heterocycles. The lowest BCUT2D eigenvalue weighted by molar-refractivity contribution is -0.128. The van der Waals surface area contributed by atoms with Crippen molar-refractivity contribution in [3.8, 4) is 0 Å². The van der Waals surface area contributed by atoms with Gasteiger partial charge in [0.1, 0.15) is 11.0 Å². The summed E-state index contributed by atoms with van der Waals surface area (Å²) in [6.07, 6.45) is 5.48. The Morgan fingerprint density at radius 3 is 2.90 bits per heavy atom. The maximum atomic E-state index is 11.9. The molecule has 2 rings (SSSR count). The Morgan fingerprint density at radius 2 is 2.24 bits per heavy atom. The number of nitrogens with one attached hydrogen (secondary N) is 1. The molecule has 2 heterocycles. The second kappa shape index (κ2) is 6.60. The molecule has 1 N–H and O–H groups in total. The van der Waals surface area contributed by atoms with Gasteiger partial charge in [-0.2, -0.15) is 0 Å². The molecule has 5 nitrogen and oxygen atoms in total. The molecular formula is C15H23ClN4O. The summed E-state index contributed by atoms with van der Waals surface area (Å²) in [6, 6.07) is 0. The fraction of sp³-hybridized carbons (Fsp3) is 0.667. The van der Waals surface area contributed by atoms with E-state index >= 15 is 0 Å². The molecule has 1 atom stereocenters. The largest absolute Gasteiger partial charge is 0.355 e. The van der Waals surface area contributed by atoms with E-state index in [1.165, 1.54) is 6.20 Å². The summed E-state index contributed by atoms with van der Waals surface area (Å²) >= 11 is 5.90. The molecule has 1 saturated heterocycles. The standard InChI is InChI=1S/C15H23ClN4O/c1-15(2,3)14(21)18-7-11-5-4-6-20(10-11)13-9-17-8-12(16)19-13/h8-9,11H,4-7,10H2,1-3H3,(H,18,21). The molecule has 21 heavy (non-hydrogen) atoms. The molecule has 1 aromatic rings. The number of nitrogens with zero attached hydrogens (tertiary/aromatic N) is 3. The topological polar surface area (TPSA) is 58.1 Å². The van der Waals surface area contributed by atoms with Crippen molar-refractivity contribution in [2.24, 2.45) is 11.3 Å². The molecule has 0 saturated carbocycles. The number of amides is 1. The lowest BCUT2D eigenvalue weighted by atomic mass is 9.94. The third-order valence-electron chi connectivity index (χ3n) is 3.67. The van der Waals surface area contributed by atoms with Crippen molar-refractivity contribution in [2.45, 2.75) is 33.6 Å². The van der Waals surface area contributed by atoms with E-state index in [2.05, 4.69) is 20.2 Å². The van der Waals surface area contributed by atoms with Crippen molar-refractivity contribution in [1.82, 2.24) is 15.3 Å². The van der Waals surface area contributed by atoms with E-state index in [0.717, 1.165) is 31.7 Å². The first-order valence-electron chi connectivity index (χ1n) is 7.37. The zero-order valence-corrected chi connectivity index (χ0v) is 13.7. The van der Waals surface area contributed by atoms with Crippen LogP contribution in [0.15, 0.2) is 12.4 Å². The monoisotopic (exact) mass is 310 g/mol. The van der Waals surface area contributed by atoms with Crippen molar-refractivity contribution >= 4 is 23.3 Å². The Kier molecular flexibility index (Phi) is 5.04. The minimum absolute atomic E-state index is 0.0992. The number of halogens is 1. The van der Waals surface area contributed by atoms with E-state index in [1.807, 2.05) is 20.8 Å². The summed E-state index contributed by atoms with van der Waals surface area (Å²) in [5, 5.41) is 3.46. The zero-order valence-electron chi connectivity index (χ0n) is 12.9. The Hall–Kier alpha value is -1.36. The van der Waals surface area contributed by atoms with E-state index in [4.69, 9.17) is 11.6 Å². The summed E-state index contributed by atoms with van der Waals surface area (Å²) < 4.78 is 0. The lowest BCUT2D eigenvalue weighted by Gasteiger charge is -2.34. The summed E-state index contributed by atoms with van der Waals surface area (Å²) in [5.41, 5.74) is -0.340. The molecule has 1 fully saturated rings. The number of hydrogen-bond donors (Lipinski definition) is 1. The van der Waals surface area contributed by atoms with Crippen LogP contribution in [0, 0.1) is 11.3 Å². The first-order valence-corrected chi connectivity index (χ1v) is 7.75. The smallest absolute Gasteiger partial charge is 0.225 e. The molecule has 0 aromatic carbocycles. The number of rotatable bonds is 3. The number of piperidine rings is 1. The van der Waals surface area contributed by atoms with Crippen LogP contribution in [0.3, 0.4) is 0 Å². The van der Waals surface area contributed by atoms with E-state index < -0.39 is 0 Å². The minimum atomic E-state index is -0.340. The Morgan fingerprint density at radius 1 is 1.48 bits per heavy atom. The predicted octanol–water partition coefficient (Wildman–Crippen LogP) is 2.51. The highest BCUT2D eigenvalue weighted by Crippen LogP contribution is 2.22. The molecule has 6 heteroatoms. The van der Waals surface area contributed by atoms with Crippen molar-refractivity contribution in [2.75, 3.05) is 24.5 Å². The first kappa shape index (κ1) is 16.0. The van der Waals surface area contributed by atoms with Crippen LogP contribution in [-0.4, -0.2) is 35.5 Å². The van der Waals surface area contributed by atoms with Crippen LogP contribution in [0.2, 0.25) is 5.15 Å². The highest BCUT2D eigenvalue weighted by atomic mass is 35.5. The molecule has 116 valence electrons.